The maximum Gasteiger partial charge on any atom is 0.239 e. The van der Waals surface area contributed by atoms with E-state index in [9.17, 15) is 13.2 Å². The third-order valence-corrected chi connectivity index (χ3v) is 6.27. The summed E-state index contributed by atoms with van der Waals surface area (Å²) in [4.78, 5) is 14.3. The number of benzene rings is 3. The number of carbonyl (C=O) groups excluding carboxylic acids is 1. The van der Waals surface area contributed by atoms with Crippen molar-refractivity contribution in [2.24, 2.45) is 0 Å². The molecule has 3 aromatic rings. The van der Waals surface area contributed by atoms with Crippen molar-refractivity contribution in [2.45, 2.75) is 14.7 Å². The van der Waals surface area contributed by atoms with Crippen LogP contribution < -0.4 is 5.32 Å². The monoisotopic (exact) mass is 383 g/mol. The highest BCUT2D eigenvalue weighted by molar-refractivity contribution is 7.99. The van der Waals surface area contributed by atoms with Crippen LogP contribution in [0, 0.1) is 0 Å². The van der Waals surface area contributed by atoms with Gasteiger partial charge in [0.15, 0.2) is 9.84 Å². The Morgan fingerprint density at radius 3 is 2.08 bits per heavy atom. The molecule has 6 heteroatoms. The van der Waals surface area contributed by atoms with Gasteiger partial charge in [-0.15, -0.1) is 0 Å². The summed E-state index contributed by atoms with van der Waals surface area (Å²) in [6, 6.07) is 25.1. The second-order valence-electron chi connectivity index (χ2n) is 5.53. The molecule has 0 atom stereocenters. The summed E-state index contributed by atoms with van der Waals surface area (Å²) in [6.45, 7) is 0. The van der Waals surface area contributed by atoms with Crippen LogP contribution in [-0.4, -0.2) is 20.1 Å². The number of para-hydroxylation sites is 1. The molecule has 3 rings (SSSR count). The first-order valence-corrected chi connectivity index (χ1v) is 10.4. The van der Waals surface area contributed by atoms with Gasteiger partial charge in [0, 0.05) is 9.79 Å². The van der Waals surface area contributed by atoms with Crippen molar-refractivity contribution in [2.75, 3.05) is 11.1 Å². The Labute approximate surface area is 157 Å². The van der Waals surface area contributed by atoms with Crippen molar-refractivity contribution in [3.63, 3.8) is 0 Å². The number of anilines is 1. The SMILES string of the molecule is O=C(CS(=O)(=O)c1ccccc1)Nc1ccccc1Sc1ccccc1. The summed E-state index contributed by atoms with van der Waals surface area (Å²) in [5, 5.41) is 2.72. The molecule has 0 heterocycles. The first-order chi connectivity index (χ1) is 12.5. The van der Waals surface area contributed by atoms with Crippen molar-refractivity contribution < 1.29 is 13.2 Å². The van der Waals surface area contributed by atoms with Gasteiger partial charge in [-0.3, -0.25) is 4.79 Å². The van der Waals surface area contributed by atoms with Crippen LogP contribution in [0.15, 0.2) is 99.6 Å². The molecule has 132 valence electrons. The molecule has 0 saturated carbocycles. The molecular formula is C20H17NO3S2. The summed E-state index contributed by atoms with van der Waals surface area (Å²) in [5.41, 5.74) is 0.592. The molecule has 0 bridgehead atoms. The minimum atomic E-state index is -3.67. The predicted molar refractivity (Wildman–Crippen MR) is 104 cm³/mol. The van der Waals surface area contributed by atoms with Gasteiger partial charge in [0.2, 0.25) is 5.91 Å². The van der Waals surface area contributed by atoms with E-state index in [2.05, 4.69) is 5.32 Å². The van der Waals surface area contributed by atoms with Crippen LogP contribution in [0.1, 0.15) is 0 Å². The third-order valence-electron chi connectivity index (χ3n) is 3.56. The summed E-state index contributed by atoms with van der Waals surface area (Å²) >= 11 is 1.51. The highest BCUT2D eigenvalue weighted by atomic mass is 32.2. The zero-order chi connectivity index (χ0) is 18.4. The first kappa shape index (κ1) is 18.2. The largest absolute Gasteiger partial charge is 0.324 e. The highest BCUT2D eigenvalue weighted by Gasteiger charge is 2.19. The molecule has 0 unspecified atom stereocenters. The second-order valence-corrected chi connectivity index (χ2v) is 8.64. The lowest BCUT2D eigenvalue weighted by Crippen LogP contribution is -2.23. The van der Waals surface area contributed by atoms with E-state index >= 15 is 0 Å². The van der Waals surface area contributed by atoms with Gasteiger partial charge in [-0.1, -0.05) is 60.3 Å². The van der Waals surface area contributed by atoms with Crippen molar-refractivity contribution in [3.8, 4) is 0 Å². The normalized spacial score (nSPS) is 11.1. The predicted octanol–water partition coefficient (Wildman–Crippen LogP) is 4.25. The number of hydrogen-bond acceptors (Lipinski definition) is 4. The number of rotatable bonds is 6. The Hall–Kier alpha value is -2.57. The van der Waals surface area contributed by atoms with E-state index in [-0.39, 0.29) is 4.90 Å². The number of carbonyl (C=O) groups is 1. The van der Waals surface area contributed by atoms with Gasteiger partial charge in [0.1, 0.15) is 5.75 Å². The first-order valence-electron chi connectivity index (χ1n) is 7.94. The topological polar surface area (TPSA) is 63.2 Å². The number of nitrogens with one attached hydrogen (secondary N) is 1. The van der Waals surface area contributed by atoms with Crippen LogP contribution in [0.3, 0.4) is 0 Å². The smallest absolute Gasteiger partial charge is 0.239 e. The Kier molecular flexibility index (Phi) is 5.75. The summed E-state index contributed by atoms with van der Waals surface area (Å²) in [7, 11) is -3.67. The second kappa shape index (κ2) is 8.21. The molecule has 3 aromatic carbocycles. The Balaban J connectivity index is 1.74. The van der Waals surface area contributed by atoms with Crippen LogP contribution in [0.25, 0.3) is 0 Å². The van der Waals surface area contributed by atoms with Crippen molar-refractivity contribution in [1.29, 1.82) is 0 Å². The molecule has 0 saturated heterocycles. The van der Waals surface area contributed by atoms with Crippen LogP contribution in [-0.2, 0) is 14.6 Å². The Morgan fingerprint density at radius 1 is 0.808 bits per heavy atom. The van der Waals surface area contributed by atoms with Gasteiger partial charge >= 0.3 is 0 Å². The molecule has 26 heavy (non-hydrogen) atoms. The zero-order valence-corrected chi connectivity index (χ0v) is 15.5. The molecule has 0 radical (unpaired) electrons. The van der Waals surface area contributed by atoms with E-state index in [1.54, 1.807) is 30.3 Å². The molecule has 0 aliphatic carbocycles. The Bertz CT molecular complexity index is 988. The van der Waals surface area contributed by atoms with Crippen molar-refractivity contribution >= 4 is 33.2 Å². The average Bonchev–Trinajstić information content (AvgIpc) is 2.64. The van der Waals surface area contributed by atoms with Crippen molar-refractivity contribution in [1.82, 2.24) is 0 Å². The maximum absolute atomic E-state index is 12.3. The van der Waals surface area contributed by atoms with Crippen LogP contribution in [0.4, 0.5) is 5.69 Å². The highest BCUT2D eigenvalue weighted by Crippen LogP contribution is 2.33. The number of amides is 1. The molecule has 1 N–H and O–H groups in total. The van der Waals surface area contributed by atoms with E-state index in [0.717, 1.165) is 9.79 Å². The fourth-order valence-corrected chi connectivity index (χ4v) is 4.42. The summed E-state index contributed by atoms with van der Waals surface area (Å²) < 4.78 is 24.7. The van der Waals surface area contributed by atoms with E-state index in [0.29, 0.717) is 5.69 Å². The fourth-order valence-electron chi connectivity index (χ4n) is 2.34. The van der Waals surface area contributed by atoms with E-state index in [1.165, 1.54) is 23.9 Å². The van der Waals surface area contributed by atoms with E-state index in [1.807, 2.05) is 42.5 Å². The summed E-state index contributed by atoms with van der Waals surface area (Å²) in [6.07, 6.45) is 0. The van der Waals surface area contributed by atoms with E-state index in [4.69, 9.17) is 0 Å². The van der Waals surface area contributed by atoms with Crippen LogP contribution in [0.5, 0.6) is 0 Å². The van der Waals surface area contributed by atoms with Gasteiger partial charge in [0.05, 0.1) is 10.6 Å². The Morgan fingerprint density at radius 2 is 1.38 bits per heavy atom. The van der Waals surface area contributed by atoms with Gasteiger partial charge < -0.3 is 5.32 Å². The van der Waals surface area contributed by atoms with Gasteiger partial charge in [-0.05, 0) is 36.4 Å². The molecule has 0 fully saturated rings. The third kappa shape index (κ3) is 4.74. The molecule has 4 nitrogen and oxygen atoms in total. The lowest BCUT2D eigenvalue weighted by molar-refractivity contribution is -0.113. The summed E-state index contributed by atoms with van der Waals surface area (Å²) in [5.74, 6) is -1.16. The van der Waals surface area contributed by atoms with Crippen LogP contribution in [0.2, 0.25) is 0 Å². The van der Waals surface area contributed by atoms with Gasteiger partial charge in [-0.25, -0.2) is 8.42 Å². The van der Waals surface area contributed by atoms with Crippen LogP contribution >= 0.6 is 11.8 Å². The maximum atomic E-state index is 12.3. The average molecular weight is 383 g/mol. The standard InChI is InChI=1S/C20H17NO3S2/c22-20(15-26(23,24)17-11-5-2-6-12-17)21-18-13-7-8-14-19(18)25-16-9-3-1-4-10-16/h1-14H,15H2,(H,21,22). The quantitative estimate of drug-likeness (QED) is 0.691. The lowest BCUT2D eigenvalue weighted by atomic mass is 10.3. The molecule has 1 amide bonds. The number of sulfone groups is 1. The van der Waals surface area contributed by atoms with Crippen molar-refractivity contribution in [3.05, 3.63) is 84.9 Å². The minimum Gasteiger partial charge on any atom is -0.324 e. The zero-order valence-electron chi connectivity index (χ0n) is 13.8. The van der Waals surface area contributed by atoms with E-state index < -0.39 is 21.5 Å². The fraction of sp³-hybridized carbons (Fsp3) is 0.0500. The molecular weight excluding hydrogens is 366 g/mol. The van der Waals surface area contributed by atoms with Gasteiger partial charge in [-0.2, -0.15) is 0 Å². The lowest BCUT2D eigenvalue weighted by Gasteiger charge is -2.11. The molecule has 0 spiro atoms. The molecule has 0 aliphatic rings. The number of hydrogen-bond donors (Lipinski definition) is 1. The minimum absolute atomic E-state index is 0.141. The van der Waals surface area contributed by atoms with Gasteiger partial charge in [0.25, 0.3) is 0 Å². The molecule has 0 aliphatic heterocycles. The molecule has 0 aromatic heterocycles.